The number of nitrogens with two attached hydrogens (primary N) is 1. The Morgan fingerprint density at radius 1 is 1.42 bits per heavy atom. The summed E-state index contributed by atoms with van der Waals surface area (Å²) >= 11 is 0. The van der Waals surface area contributed by atoms with Crippen LogP contribution in [0.25, 0.3) is 0 Å². The fourth-order valence-corrected chi connectivity index (χ4v) is 1.96. The Morgan fingerprint density at radius 2 is 2.11 bits per heavy atom. The van der Waals surface area contributed by atoms with Crippen LogP contribution in [0.2, 0.25) is 0 Å². The quantitative estimate of drug-likeness (QED) is 0.831. The third-order valence-corrected chi connectivity index (χ3v) is 3.33. The molecule has 0 spiro atoms. The van der Waals surface area contributed by atoms with Gasteiger partial charge in [-0.2, -0.15) is 0 Å². The van der Waals surface area contributed by atoms with Crippen molar-refractivity contribution >= 4 is 5.91 Å². The first-order valence-electron chi connectivity index (χ1n) is 6.48. The normalized spacial score (nSPS) is 14.3. The third-order valence-electron chi connectivity index (χ3n) is 3.33. The number of fused-ring (bicyclic) bond motifs is 1. The van der Waals surface area contributed by atoms with Gasteiger partial charge in [0.05, 0.1) is 0 Å². The van der Waals surface area contributed by atoms with Crippen LogP contribution in [-0.2, 0) is 11.2 Å². The molecule has 1 aliphatic rings. The van der Waals surface area contributed by atoms with Crippen molar-refractivity contribution in [2.45, 2.75) is 20.3 Å². The lowest BCUT2D eigenvalue weighted by molar-refractivity contribution is -0.124. The minimum atomic E-state index is -0.141. The molecule has 0 fully saturated rings. The van der Waals surface area contributed by atoms with E-state index in [2.05, 4.69) is 5.32 Å². The van der Waals surface area contributed by atoms with Gasteiger partial charge < -0.3 is 20.5 Å². The zero-order valence-electron chi connectivity index (χ0n) is 11.4. The molecule has 1 heterocycles. The molecule has 19 heavy (non-hydrogen) atoms. The molecule has 3 N–H and O–H groups in total. The maximum atomic E-state index is 11.6. The van der Waals surface area contributed by atoms with Crippen LogP contribution in [0.4, 0.5) is 0 Å². The Bertz CT molecular complexity index is 474. The van der Waals surface area contributed by atoms with E-state index in [1.165, 1.54) is 0 Å². The molecule has 1 amide bonds. The number of amides is 1. The van der Waals surface area contributed by atoms with Crippen molar-refractivity contribution in [1.29, 1.82) is 0 Å². The Morgan fingerprint density at radius 3 is 2.79 bits per heavy atom. The molecule has 1 aliphatic heterocycles. The smallest absolute Gasteiger partial charge is 0.231 e. The number of rotatable bonds is 5. The van der Waals surface area contributed by atoms with Crippen molar-refractivity contribution in [2.24, 2.45) is 11.7 Å². The zero-order valence-corrected chi connectivity index (χ0v) is 11.4. The van der Waals surface area contributed by atoms with Crippen molar-refractivity contribution in [1.82, 2.24) is 5.32 Å². The Kier molecular flexibility index (Phi) is 4.27. The largest absolute Gasteiger partial charge is 0.454 e. The first-order valence-corrected chi connectivity index (χ1v) is 6.48. The molecule has 2 rings (SSSR count). The molecule has 0 saturated carbocycles. The Balaban J connectivity index is 1.91. The molecule has 0 radical (unpaired) electrons. The molecule has 0 aromatic heterocycles. The average molecular weight is 264 g/mol. The molecule has 1 atom stereocenters. The van der Waals surface area contributed by atoms with Crippen LogP contribution in [0, 0.1) is 12.8 Å². The average Bonchev–Trinajstić information content (AvgIpc) is 2.84. The highest BCUT2D eigenvalue weighted by Crippen LogP contribution is 2.34. The van der Waals surface area contributed by atoms with E-state index in [1.807, 2.05) is 26.0 Å². The van der Waals surface area contributed by atoms with E-state index in [1.54, 1.807) is 0 Å². The fraction of sp³-hybridized carbons (Fsp3) is 0.500. The molecule has 0 aliphatic carbocycles. The summed E-state index contributed by atoms with van der Waals surface area (Å²) < 4.78 is 10.7. The van der Waals surface area contributed by atoms with E-state index in [0.717, 1.165) is 29.0 Å². The molecule has 5 nitrogen and oxygen atoms in total. The lowest BCUT2D eigenvalue weighted by Gasteiger charge is -2.11. The molecule has 0 bridgehead atoms. The van der Waals surface area contributed by atoms with Crippen molar-refractivity contribution in [3.8, 4) is 11.5 Å². The van der Waals surface area contributed by atoms with E-state index >= 15 is 0 Å². The monoisotopic (exact) mass is 264 g/mol. The lowest BCUT2D eigenvalue weighted by atomic mass is 10.0. The molecule has 104 valence electrons. The molecule has 1 unspecified atom stereocenters. The standard InChI is InChI=1S/C14H20N2O3/c1-9-5-12-13(19-8-18-12)6-11(9)3-4-16-14(17)10(2)7-15/h5-6,10H,3-4,7-8,15H2,1-2H3,(H,16,17). The van der Waals surface area contributed by atoms with Gasteiger partial charge in [-0.25, -0.2) is 0 Å². The first-order chi connectivity index (χ1) is 9.11. The van der Waals surface area contributed by atoms with Gasteiger partial charge in [0.2, 0.25) is 12.7 Å². The van der Waals surface area contributed by atoms with Crippen molar-refractivity contribution < 1.29 is 14.3 Å². The maximum Gasteiger partial charge on any atom is 0.231 e. The minimum absolute atomic E-state index is 0.000830. The fourth-order valence-electron chi connectivity index (χ4n) is 1.96. The summed E-state index contributed by atoms with van der Waals surface area (Å²) in [5.41, 5.74) is 7.75. The third kappa shape index (κ3) is 3.17. The predicted molar refractivity (Wildman–Crippen MR) is 72.2 cm³/mol. The summed E-state index contributed by atoms with van der Waals surface area (Å²) in [4.78, 5) is 11.6. The second-order valence-electron chi connectivity index (χ2n) is 4.81. The predicted octanol–water partition coefficient (Wildman–Crippen LogP) is 0.977. The highest BCUT2D eigenvalue weighted by molar-refractivity contribution is 5.78. The van der Waals surface area contributed by atoms with Gasteiger partial charge in [0, 0.05) is 19.0 Å². The van der Waals surface area contributed by atoms with Gasteiger partial charge in [-0.1, -0.05) is 6.92 Å². The van der Waals surface area contributed by atoms with E-state index in [-0.39, 0.29) is 18.6 Å². The first kappa shape index (κ1) is 13.7. The second-order valence-corrected chi connectivity index (χ2v) is 4.81. The van der Waals surface area contributed by atoms with Crippen molar-refractivity contribution in [3.63, 3.8) is 0 Å². The summed E-state index contributed by atoms with van der Waals surface area (Å²) in [5.74, 6) is 1.43. The summed E-state index contributed by atoms with van der Waals surface area (Å²) in [5, 5.41) is 2.89. The van der Waals surface area contributed by atoms with Crippen LogP contribution >= 0.6 is 0 Å². The molecule has 1 aromatic rings. The van der Waals surface area contributed by atoms with Crippen LogP contribution in [0.3, 0.4) is 0 Å². The molecule has 1 aromatic carbocycles. The minimum Gasteiger partial charge on any atom is -0.454 e. The van der Waals surface area contributed by atoms with Crippen molar-refractivity contribution in [3.05, 3.63) is 23.3 Å². The van der Waals surface area contributed by atoms with Crippen LogP contribution in [0.15, 0.2) is 12.1 Å². The topological polar surface area (TPSA) is 73.6 Å². The SMILES string of the molecule is Cc1cc2c(cc1CCNC(=O)C(C)CN)OCO2. The number of nitrogens with one attached hydrogen (secondary N) is 1. The van der Waals surface area contributed by atoms with Gasteiger partial charge >= 0.3 is 0 Å². The maximum absolute atomic E-state index is 11.6. The summed E-state index contributed by atoms with van der Waals surface area (Å²) in [7, 11) is 0. The van der Waals surface area contributed by atoms with Crippen LogP contribution in [0.1, 0.15) is 18.1 Å². The second kappa shape index (κ2) is 5.93. The van der Waals surface area contributed by atoms with Crippen LogP contribution in [-0.4, -0.2) is 25.8 Å². The summed E-state index contributed by atoms with van der Waals surface area (Å²) in [6.07, 6.45) is 0.769. The van der Waals surface area contributed by atoms with Gasteiger partial charge in [-0.05, 0) is 36.6 Å². The zero-order chi connectivity index (χ0) is 13.8. The van der Waals surface area contributed by atoms with Gasteiger partial charge in [0.25, 0.3) is 0 Å². The number of carbonyl (C=O) groups excluding carboxylic acids is 1. The Labute approximate surface area is 113 Å². The number of carbonyl (C=O) groups is 1. The Hall–Kier alpha value is -1.75. The van der Waals surface area contributed by atoms with Crippen LogP contribution in [0.5, 0.6) is 11.5 Å². The van der Waals surface area contributed by atoms with Gasteiger partial charge in [-0.15, -0.1) is 0 Å². The number of benzene rings is 1. The van der Waals surface area contributed by atoms with Crippen molar-refractivity contribution in [2.75, 3.05) is 19.9 Å². The molecule has 0 saturated heterocycles. The van der Waals surface area contributed by atoms with Gasteiger partial charge in [0.15, 0.2) is 11.5 Å². The number of ether oxygens (including phenoxy) is 2. The summed E-state index contributed by atoms with van der Waals surface area (Å²) in [6, 6.07) is 3.96. The number of hydrogen-bond acceptors (Lipinski definition) is 4. The lowest BCUT2D eigenvalue weighted by Crippen LogP contribution is -2.34. The molecule has 5 heteroatoms. The number of aryl methyl sites for hydroxylation is 1. The van der Waals surface area contributed by atoms with Gasteiger partial charge in [-0.3, -0.25) is 4.79 Å². The van der Waals surface area contributed by atoms with E-state index in [9.17, 15) is 4.79 Å². The number of hydrogen-bond donors (Lipinski definition) is 2. The van der Waals surface area contributed by atoms with Gasteiger partial charge in [0.1, 0.15) is 0 Å². The summed E-state index contributed by atoms with van der Waals surface area (Å²) in [6.45, 7) is 5.10. The van der Waals surface area contributed by atoms with Crippen LogP contribution < -0.4 is 20.5 Å². The highest BCUT2D eigenvalue weighted by atomic mass is 16.7. The molecular formula is C14H20N2O3. The van der Waals surface area contributed by atoms with E-state index in [4.69, 9.17) is 15.2 Å². The molecular weight excluding hydrogens is 244 g/mol. The van der Waals surface area contributed by atoms with E-state index < -0.39 is 0 Å². The van der Waals surface area contributed by atoms with E-state index in [0.29, 0.717) is 13.1 Å². The highest BCUT2D eigenvalue weighted by Gasteiger charge is 2.16.